The second-order valence-corrected chi connectivity index (χ2v) is 9.67. The van der Waals surface area contributed by atoms with E-state index in [4.69, 9.17) is 10.7 Å². The Bertz CT molecular complexity index is 1190. The molecule has 24 heteroatoms. The first-order chi connectivity index (χ1) is 17.2. The van der Waals surface area contributed by atoms with Crippen molar-refractivity contribution < 1.29 is 96.6 Å². The Morgan fingerprint density at radius 1 is 0.575 bits per heavy atom. The molecule has 232 valence electrons. The fraction of sp³-hybridized carbons (Fsp3) is 0.500. The maximum atomic E-state index is 14.2. The summed E-state index contributed by atoms with van der Waals surface area (Å²) in [6, 6.07) is -0.530. The Morgan fingerprint density at radius 2 is 0.925 bits per heavy atom. The highest BCUT2D eigenvalue weighted by atomic mass is 35.7. The quantitative estimate of drug-likeness (QED) is 0.174. The number of benzene rings is 1. The highest BCUT2D eigenvalue weighted by molar-refractivity contribution is 8.13. The molecule has 0 bridgehead atoms. The summed E-state index contributed by atoms with van der Waals surface area (Å²) < 4.78 is 282. The normalized spacial score (nSPS) is 16.1. The summed E-state index contributed by atoms with van der Waals surface area (Å²) in [7, 11) is -0.0409. The van der Waals surface area contributed by atoms with Crippen molar-refractivity contribution in [2.24, 2.45) is 5.41 Å². The van der Waals surface area contributed by atoms with Gasteiger partial charge in [0.1, 0.15) is 11.3 Å². The third-order valence-corrected chi connectivity index (χ3v) is 5.92. The lowest BCUT2D eigenvalue weighted by Crippen LogP contribution is -2.73. The van der Waals surface area contributed by atoms with Crippen LogP contribution in [0.15, 0.2) is 40.5 Å². The van der Waals surface area contributed by atoms with Crippen LogP contribution in [0.3, 0.4) is 0 Å². The van der Waals surface area contributed by atoms with Gasteiger partial charge in [0.25, 0.3) is 9.05 Å². The standard InChI is InChI=1S/C16H4ClF19O3S/c17-40(37,38)6-3-1-5(2-4-6)39-8(11(21,22)23)7(10(18,19)20)9(14(28,29)30,12(24,25)15(31,32)33)13(26,27)16(34,35)36/h1-4H. The van der Waals surface area contributed by atoms with Crippen molar-refractivity contribution in [3.8, 4) is 5.75 Å². The number of rotatable bonds is 6. The molecule has 0 saturated heterocycles. The summed E-state index contributed by atoms with van der Waals surface area (Å²) in [5, 5.41) is 0. The van der Waals surface area contributed by atoms with Crippen molar-refractivity contribution in [2.45, 2.75) is 47.6 Å². The molecular weight excluding hydrogens is 669 g/mol. The Hall–Kier alpha value is -2.33. The fourth-order valence-corrected chi connectivity index (χ4v) is 3.75. The minimum Gasteiger partial charge on any atom is -0.452 e. The highest BCUT2D eigenvalue weighted by Gasteiger charge is 2.96. The molecule has 0 saturated carbocycles. The highest BCUT2D eigenvalue weighted by Crippen LogP contribution is 2.72. The van der Waals surface area contributed by atoms with E-state index in [-0.39, 0.29) is 24.3 Å². The number of halogens is 20. The topological polar surface area (TPSA) is 43.4 Å². The molecule has 0 aliphatic rings. The maximum Gasteiger partial charge on any atom is 0.454 e. The number of hydrogen-bond acceptors (Lipinski definition) is 3. The zero-order valence-electron chi connectivity index (χ0n) is 17.5. The molecule has 0 radical (unpaired) electrons. The molecule has 0 fully saturated rings. The van der Waals surface area contributed by atoms with Crippen LogP contribution in [0.4, 0.5) is 83.4 Å². The van der Waals surface area contributed by atoms with E-state index in [1.807, 2.05) is 0 Å². The first-order valence-electron chi connectivity index (χ1n) is 8.76. The van der Waals surface area contributed by atoms with Gasteiger partial charge in [0.2, 0.25) is 11.2 Å². The minimum absolute atomic E-state index is 0.00936. The van der Waals surface area contributed by atoms with E-state index >= 15 is 0 Å². The molecule has 0 aromatic heterocycles. The second-order valence-electron chi connectivity index (χ2n) is 7.10. The molecule has 0 aliphatic heterocycles. The smallest absolute Gasteiger partial charge is 0.452 e. The third-order valence-electron chi connectivity index (χ3n) is 4.55. The van der Waals surface area contributed by atoms with E-state index < -0.39 is 79.2 Å². The van der Waals surface area contributed by atoms with E-state index in [0.29, 0.717) is 0 Å². The number of allylic oxidation sites excluding steroid dienone is 2. The van der Waals surface area contributed by atoms with Gasteiger partial charge in [0, 0.05) is 10.7 Å². The monoisotopic (exact) mass is 672 g/mol. The largest absolute Gasteiger partial charge is 0.454 e. The van der Waals surface area contributed by atoms with Gasteiger partial charge in [-0.2, -0.15) is 83.4 Å². The van der Waals surface area contributed by atoms with E-state index in [2.05, 4.69) is 4.74 Å². The Labute approximate surface area is 211 Å². The van der Waals surface area contributed by atoms with Gasteiger partial charge >= 0.3 is 42.7 Å². The molecular formula is C16H4ClF19O3S. The summed E-state index contributed by atoms with van der Waals surface area (Å²) in [4.78, 5) is -1.16. The van der Waals surface area contributed by atoms with Crippen molar-refractivity contribution >= 4 is 19.7 Å². The molecule has 0 N–H and O–H groups in total. The minimum atomic E-state index is -9.13. The summed E-state index contributed by atoms with van der Waals surface area (Å²) >= 11 is 0. The Morgan fingerprint density at radius 3 is 1.15 bits per heavy atom. The predicted octanol–water partition coefficient (Wildman–Crippen LogP) is 8.32. The van der Waals surface area contributed by atoms with Crippen LogP contribution in [-0.4, -0.2) is 51.1 Å². The van der Waals surface area contributed by atoms with E-state index in [1.165, 1.54) is 0 Å². The molecule has 0 atom stereocenters. The van der Waals surface area contributed by atoms with Crippen molar-refractivity contribution in [3.63, 3.8) is 0 Å². The molecule has 0 heterocycles. The van der Waals surface area contributed by atoms with Gasteiger partial charge in [-0.25, -0.2) is 8.42 Å². The van der Waals surface area contributed by atoms with E-state index in [9.17, 15) is 91.8 Å². The molecule has 0 unspecified atom stereocenters. The summed E-state index contributed by atoms with van der Waals surface area (Å²) in [5.41, 5.74) is -15.0. The molecule has 1 aromatic rings. The van der Waals surface area contributed by atoms with Crippen LogP contribution < -0.4 is 4.74 Å². The fourth-order valence-electron chi connectivity index (χ4n) is 2.98. The van der Waals surface area contributed by atoms with Crippen LogP contribution in [-0.2, 0) is 9.05 Å². The van der Waals surface area contributed by atoms with Crippen molar-refractivity contribution in [2.75, 3.05) is 0 Å². The van der Waals surface area contributed by atoms with Gasteiger partial charge in [-0.3, -0.25) is 0 Å². The number of hydrogen-bond donors (Lipinski definition) is 0. The van der Waals surface area contributed by atoms with Crippen LogP contribution in [0, 0.1) is 5.41 Å². The molecule has 1 rings (SSSR count). The van der Waals surface area contributed by atoms with Crippen LogP contribution in [0.2, 0.25) is 0 Å². The second kappa shape index (κ2) is 9.89. The van der Waals surface area contributed by atoms with E-state index in [0.717, 1.165) is 0 Å². The zero-order valence-corrected chi connectivity index (χ0v) is 19.1. The average Bonchev–Trinajstić information content (AvgIpc) is 2.65. The van der Waals surface area contributed by atoms with Gasteiger partial charge in [0.05, 0.1) is 4.90 Å². The van der Waals surface area contributed by atoms with Gasteiger partial charge in [-0.15, -0.1) is 0 Å². The first-order valence-corrected chi connectivity index (χ1v) is 11.1. The maximum absolute atomic E-state index is 14.2. The van der Waals surface area contributed by atoms with Crippen molar-refractivity contribution in [3.05, 3.63) is 35.6 Å². The molecule has 0 amide bonds. The predicted molar refractivity (Wildman–Crippen MR) is 89.7 cm³/mol. The zero-order chi connectivity index (χ0) is 32.3. The van der Waals surface area contributed by atoms with Gasteiger partial charge < -0.3 is 4.74 Å². The van der Waals surface area contributed by atoms with Crippen LogP contribution >= 0.6 is 10.7 Å². The van der Waals surface area contributed by atoms with Crippen molar-refractivity contribution in [1.29, 1.82) is 0 Å². The Kier molecular flexibility index (Phi) is 8.83. The lowest BCUT2D eigenvalue weighted by Gasteiger charge is -2.48. The molecule has 0 spiro atoms. The van der Waals surface area contributed by atoms with Crippen molar-refractivity contribution in [1.82, 2.24) is 0 Å². The molecule has 3 nitrogen and oxygen atoms in total. The van der Waals surface area contributed by atoms with Gasteiger partial charge in [-0.05, 0) is 24.3 Å². The van der Waals surface area contributed by atoms with Gasteiger partial charge in [-0.1, -0.05) is 0 Å². The van der Waals surface area contributed by atoms with Crippen LogP contribution in [0.5, 0.6) is 5.75 Å². The van der Waals surface area contributed by atoms with E-state index in [1.54, 1.807) is 0 Å². The summed E-state index contributed by atoms with van der Waals surface area (Å²) in [5.74, 6) is -24.9. The lowest BCUT2D eigenvalue weighted by atomic mass is 9.66. The van der Waals surface area contributed by atoms with Gasteiger partial charge in [0.15, 0.2) is 0 Å². The molecule has 0 aliphatic carbocycles. The number of ether oxygens (including phenoxy) is 1. The lowest BCUT2D eigenvalue weighted by molar-refractivity contribution is -0.457. The average molecular weight is 673 g/mol. The summed E-state index contributed by atoms with van der Waals surface area (Å²) in [6.45, 7) is 0. The molecule has 1 aromatic carbocycles. The third kappa shape index (κ3) is 5.98. The SMILES string of the molecule is O=S(=O)(Cl)c1ccc(OC(=C(C(F)(F)F)C(C(F)(F)F)(C(F)(F)C(F)(F)F)C(F)(F)C(F)(F)F)C(F)(F)F)cc1. The summed E-state index contributed by atoms with van der Waals surface area (Å²) in [6.07, 6.45) is -41.4. The van der Waals surface area contributed by atoms with Crippen LogP contribution in [0.1, 0.15) is 0 Å². The first kappa shape index (κ1) is 35.7. The number of alkyl halides is 19. The van der Waals surface area contributed by atoms with Crippen LogP contribution in [0.25, 0.3) is 0 Å². The Balaban J connectivity index is 4.66. The molecule has 40 heavy (non-hydrogen) atoms.